The Balaban J connectivity index is 1.80. The molecule has 0 spiro atoms. The molecule has 25 heavy (non-hydrogen) atoms. The normalized spacial score (nSPS) is 12.2. The van der Waals surface area contributed by atoms with Gasteiger partial charge in [0.2, 0.25) is 0 Å². The lowest BCUT2D eigenvalue weighted by atomic mass is 10.2. The summed E-state index contributed by atoms with van der Waals surface area (Å²) in [5.41, 5.74) is 0.430. The molecule has 0 aliphatic heterocycles. The Morgan fingerprint density at radius 2 is 2.12 bits per heavy atom. The number of hydrogen-bond donors (Lipinski definition) is 1. The molecule has 0 amide bonds. The molecule has 2 aromatic rings. The summed E-state index contributed by atoms with van der Waals surface area (Å²) in [6.07, 6.45) is -0.660. The molecular formula is C19H25NO5. The summed E-state index contributed by atoms with van der Waals surface area (Å²) in [5, 5.41) is 10.1. The number of esters is 1. The number of aryl methyl sites for hydroxylation is 1. The number of rotatable bonds is 9. The Kier molecular flexibility index (Phi) is 7.03. The highest BCUT2D eigenvalue weighted by atomic mass is 16.5. The highest BCUT2D eigenvalue weighted by Crippen LogP contribution is 2.15. The average molecular weight is 347 g/mol. The number of nitrogens with zero attached hydrogens (tertiary/aromatic N) is 1. The first-order valence-corrected chi connectivity index (χ1v) is 8.30. The number of benzene rings is 1. The van der Waals surface area contributed by atoms with E-state index in [1.54, 1.807) is 31.2 Å². The SMILES string of the molecule is CCOC(=O)c1cccc(OCC(O)CN(C)Cc2ccc(C)o2)c1. The summed E-state index contributed by atoms with van der Waals surface area (Å²) in [4.78, 5) is 13.7. The smallest absolute Gasteiger partial charge is 0.338 e. The van der Waals surface area contributed by atoms with E-state index >= 15 is 0 Å². The van der Waals surface area contributed by atoms with Crippen LogP contribution < -0.4 is 4.74 Å². The molecule has 0 radical (unpaired) electrons. The van der Waals surface area contributed by atoms with E-state index in [9.17, 15) is 9.90 Å². The molecule has 1 aromatic carbocycles. The minimum atomic E-state index is -0.660. The zero-order valence-electron chi connectivity index (χ0n) is 14.9. The van der Waals surface area contributed by atoms with Crippen LogP contribution in [-0.4, -0.2) is 48.9 Å². The van der Waals surface area contributed by atoms with Crippen LogP contribution in [0.1, 0.15) is 28.8 Å². The van der Waals surface area contributed by atoms with Gasteiger partial charge in [0.15, 0.2) is 0 Å². The zero-order valence-corrected chi connectivity index (χ0v) is 14.9. The molecule has 1 atom stereocenters. The van der Waals surface area contributed by atoms with Crippen LogP contribution in [0.2, 0.25) is 0 Å². The summed E-state index contributed by atoms with van der Waals surface area (Å²) in [7, 11) is 1.91. The summed E-state index contributed by atoms with van der Waals surface area (Å²) < 4.78 is 16.1. The lowest BCUT2D eigenvalue weighted by Crippen LogP contribution is -2.32. The second-order valence-corrected chi connectivity index (χ2v) is 5.92. The predicted molar refractivity (Wildman–Crippen MR) is 93.7 cm³/mol. The molecular weight excluding hydrogens is 322 g/mol. The summed E-state index contributed by atoms with van der Waals surface area (Å²) in [6, 6.07) is 10.6. The van der Waals surface area contributed by atoms with Gasteiger partial charge in [0.25, 0.3) is 0 Å². The number of ether oxygens (including phenoxy) is 2. The van der Waals surface area contributed by atoms with Crippen LogP contribution >= 0.6 is 0 Å². The fourth-order valence-corrected chi connectivity index (χ4v) is 2.43. The van der Waals surface area contributed by atoms with Crippen molar-refractivity contribution in [2.75, 3.05) is 26.8 Å². The van der Waals surface area contributed by atoms with Gasteiger partial charge < -0.3 is 19.0 Å². The number of likely N-dealkylation sites (N-methyl/N-ethyl adjacent to an activating group) is 1. The molecule has 6 heteroatoms. The Labute approximate surface area is 148 Å². The van der Waals surface area contributed by atoms with E-state index in [0.717, 1.165) is 11.5 Å². The molecule has 136 valence electrons. The van der Waals surface area contributed by atoms with Crippen LogP contribution in [0, 0.1) is 6.92 Å². The molecule has 0 aliphatic carbocycles. The molecule has 2 rings (SSSR count). The largest absolute Gasteiger partial charge is 0.491 e. The fraction of sp³-hybridized carbons (Fsp3) is 0.421. The Bertz CT molecular complexity index is 682. The maximum absolute atomic E-state index is 11.7. The van der Waals surface area contributed by atoms with Crippen molar-refractivity contribution in [2.45, 2.75) is 26.5 Å². The third-order valence-electron chi connectivity index (χ3n) is 3.53. The molecule has 1 unspecified atom stereocenters. The lowest BCUT2D eigenvalue weighted by Gasteiger charge is -2.20. The second-order valence-electron chi connectivity index (χ2n) is 5.92. The predicted octanol–water partition coefficient (Wildman–Crippen LogP) is 2.64. The van der Waals surface area contributed by atoms with Gasteiger partial charge >= 0.3 is 5.97 Å². The first-order chi connectivity index (χ1) is 12.0. The molecule has 0 saturated heterocycles. The molecule has 6 nitrogen and oxygen atoms in total. The fourth-order valence-electron chi connectivity index (χ4n) is 2.43. The molecule has 1 N–H and O–H groups in total. The van der Waals surface area contributed by atoms with Gasteiger partial charge in [-0.1, -0.05) is 6.07 Å². The van der Waals surface area contributed by atoms with Crippen molar-refractivity contribution < 1.29 is 23.8 Å². The van der Waals surface area contributed by atoms with E-state index in [-0.39, 0.29) is 12.6 Å². The number of furan rings is 1. The second kappa shape index (κ2) is 9.25. The van der Waals surface area contributed by atoms with Crippen molar-refractivity contribution in [3.8, 4) is 5.75 Å². The minimum absolute atomic E-state index is 0.133. The van der Waals surface area contributed by atoms with Crippen molar-refractivity contribution in [1.82, 2.24) is 4.90 Å². The van der Waals surface area contributed by atoms with Gasteiger partial charge in [-0.2, -0.15) is 0 Å². The van der Waals surface area contributed by atoms with Gasteiger partial charge in [0.05, 0.1) is 18.7 Å². The molecule has 0 fully saturated rings. The van der Waals surface area contributed by atoms with Gasteiger partial charge in [-0.15, -0.1) is 0 Å². The topological polar surface area (TPSA) is 72.1 Å². The van der Waals surface area contributed by atoms with Crippen LogP contribution in [0.3, 0.4) is 0 Å². The van der Waals surface area contributed by atoms with Crippen molar-refractivity contribution in [1.29, 1.82) is 0 Å². The monoisotopic (exact) mass is 347 g/mol. The van der Waals surface area contributed by atoms with Crippen LogP contribution in [0.25, 0.3) is 0 Å². The van der Waals surface area contributed by atoms with Gasteiger partial charge in [-0.25, -0.2) is 4.79 Å². The number of carbonyl (C=O) groups excluding carboxylic acids is 1. The summed E-state index contributed by atoms with van der Waals surface area (Å²) in [5.74, 6) is 1.86. The standard InChI is InChI=1S/C19H25NO5/c1-4-23-19(22)15-6-5-7-17(10-15)24-13-16(21)11-20(3)12-18-9-8-14(2)25-18/h5-10,16,21H,4,11-13H2,1-3H3. The van der Waals surface area contributed by atoms with Crippen molar-refractivity contribution in [3.05, 3.63) is 53.5 Å². The van der Waals surface area contributed by atoms with E-state index in [2.05, 4.69) is 0 Å². The van der Waals surface area contributed by atoms with E-state index in [0.29, 0.717) is 31.0 Å². The maximum Gasteiger partial charge on any atom is 0.338 e. The number of aliphatic hydroxyl groups excluding tert-OH is 1. The molecule has 0 bridgehead atoms. The van der Waals surface area contributed by atoms with Gasteiger partial charge in [0.1, 0.15) is 30.0 Å². The van der Waals surface area contributed by atoms with Gasteiger partial charge in [-0.3, -0.25) is 4.90 Å². The van der Waals surface area contributed by atoms with E-state index in [4.69, 9.17) is 13.9 Å². The quantitative estimate of drug-likeness (QED) is 0.703. The van der Waals surface area contributed by atoms with Crippen molar-refractivity contribution >= 4 is 5.97 Å². The highest BCUT2D eigenvalue weighted by Gasteiger charge is 2.12. The van der Waals surface area contributed by atoms with Crippen LogP contribution in [-0.2, 0) is 11.3 Å². The highest BCUT2D eigenvalue weighted by molar-refractivity contribution is 5.89. The van der Waals surface area contributed by atoms with Gasteiger partial charge in [0, 0.05) is 6.54 Å². The summed E-state index contributed by atoms with van der Waals surface area (Å²) in [6.45, 7) is 5.17. The lowest BCUT2D eigenvalue weighted by molar-refractivity contribution is 0.0525. The Morgan fingerprint density at radius 1 is 1.32 bits per heavy atom. The Hall–Kier alpha value is -2.31. The number of hydrogen-bond acceptors (Lipinski definition) is 6. The number of carbonyl (C=O) groups is 1. The number of aliphatic hydroxyl groups is 1. The van der Waals surface area contributed by atoms with Crippen molar-refractivity contribution in [3.63, 3.8) is 0 Å². The maximum atomic E-state index is 11.7. The zero-order chi connectivity index (χ0) is 18.2. The average Bonchev–Trinajstić information content (AvgIpc) is 2.98. The first-order valence-electron chi connectivity index (χ1n) is 8.30. The van der Waals surface area contributed by atoms with Crippen LogP contribution in [0.5, 0.6) is 5.75 Å². The van der Waals surface area contributed by atoms with Crippen LogP contribution in [0.4, 0.5) is 0 Å². The van der Waals surface area contributed by atoms with Crippen molar-refractivity contribution in [2.24, 2.45) is 0 Å². The molecule has 0 aliphatic rings. The third kappa shape index (κ3) is 6.25. The van der Waals surface area contributed by atoms with E-state index in [1.807, 2.05) is 31.0 Å². The third-order valence-corrected chi connectivity index (χ3v) is 3.53. The minimum Gasteiger partial charge on any atom is -0.491 e. The molecule has 1 aromatic heterocycles. The van der Waals surface area contributed by atoms with Gasteiger partial charge in [-0.05, 0) is 51.2 Å². The summed E-state index contributed by atoms with van der Waals surface area (Å²) >= 11 is 0. The Morgan fingerprint density at radius 3 is 2.80 bits per heavy atom. The molecule has 0 saturated carbocycles. The molecule has 1 heterocycles. The van der Waals surface area contributed by atoms with Crippen LogP contribution in [0.15, 0.2) is 40.8 Å². The van der Waals surface area contributed by atoms with E-state index < -0.39 is 6.10 Å². The first kappa shape index (κ1) is 19.0. The van der Waals surface area contributed by atoms with E-state index in [1.165, 1.54) is 0 Å².